The summed E-state index contributed by atoms with van der Waals surface area (Å²) >= 11 is 0. The minimum Gasteiger partial charge on any atom is -0.368 e. The van der Waals surface area contributed by atoms with Gasteiger partial charge in [-0.1, -0.05) is 30.3 Å². The van der Waals surface area contributed by atoms with Gasteiger partial charge in [-0.05, 0) is 18.4 Å². The number of carbonyl (C=O) groups is 2. The fraction of sp³-hybridized carbons (Fsp3) is 0.500. The standard InChI is InChI=1S/C24H31FN6O2/c1-18(32)29-24(20-5-3-2-4-6-20)9-13-31(14-10-24)21(33)23(25)7-11-30(12-8-23)17-19-15-27-22(26)28-16-19/h2-6,15-16H,7-14,17H2,1H3,(H,29,32)(H2,26,27,28). The van der Waals surface area contributed by atoms with Crippen molar-refractivity contribution in [3.8, 4) is 0 Å². The molecule has 0 radical (unpaired) electrons. The van der Waals surface area contributed by atoms with Crippen molar-refractivity contribution in [3.63, 3.8) is 0 Å². The Labute approximate surface area is 193 Å². The molecule has 0 bridgehead atoms. The van der Waals surface area contributed by atoms with E-state index in [0.717, 1.165) is 11.1 Å². The van der Waals surface area contributed by atoms with Crippen LogP contribution in [0.2, 0.25) is 0 Å². The van der Waals surface area contributed by atoms with Gasteiger partial charge < -0.3 is 16.0 Å². The van der Waals surface area contributed by atoms with E-state index in [1.807, 2.05) is 30.3 Å². The topological polar surface area (TPSA) is 104 Å². The zero-order valence-corrected chi connectivity index (χ0v) is 19.0. The van der Waals surface area contributed by atoms with Crippen molar-refractivity contribution in [2.45, 2.75) is 50.4 Å². The molecule has 3 heterocycles. The maximum atomic E-state index is 15.7. The molecule has 9 heteroatoms. The van der Waals surface area contributed by atoms with E-state index in [1.54, 1.807) is 17.3 Å². The lowest BCUT2D eigenvalue weighted by Gasteiger charge is -2.45. The van der Waals surface area contributed by atoms with E-state index >= 15 is 4.39 Å². The molecule has 2 saturated heterocycles. The quantitative estimate of drug-likeness (QED) is 0.716. The molecule has 8 nitrogen and oxygen atoms in total. The second kappa shape index (κ2) is 9.43. The van der Waals surface area contributed by atoms with E-state index in [1.165, 1.54) is 6.92 Å². The van der Waals surface area contributed by atoms with Crippen molar-refractivity contribution >= 4 is 17.8 Å². The third-order valence-corrected chi connectivity index (χ3v) is 6.81. The first-order chi connectivity index (χ1) is 15.8. The van der Waals surface area contributed by atoms with Gasteiger partial charge in [-0.3, -0.25) is 14.5 Å². The smallest absolute Gasteiger partial charge is 0.260 e. The highest BCUT2D eigenvalue weighted by Crippen LogP contribution is 2.36. The molecule has 176 valence electrons. The monoisotopic (exact) mass is 454 g/mol. The molecular formula is C24H31FN6O2. The number of nitrogens with zero attached hydrogens (tertiary/aromatic N) is 4. The number of rotatable bonds is 5. The van der Waals surface area contributed by atoms with Crippen LogP contribution in [0.15, 0.2) is 42.7 Å². The number of nitrogens with one attached hydrogen (secondary N) is 1. The van der Waals surface area contributed by atoms with Crippen LogP contribution in [0.4, 0.5) is 10.3 Å². The molecule has 2 aromatic rings. The van der Waals surface area contributed by atoms with Crippen LogP contribution < -0.4 is 11.1 Å². The van der Waals surface area contributed by atoms with Crippen molar-refractivity contribution in [3.05, 3.63) is 53.9 Å². The van der Waals surface area contributed by atoms with Crippen LogP contribution in [0.25, 0.3) is 0 Å². The molecule has 1 aromatic heterocycles. The minimum absolute atomic E-state index is 0.112. The highest BCUT2D eigenvalue weighted by Gasteiger charge is 2.46. The van der Waals surface area contributed by atoms with Crippen LogP contribution in [-0.2, 0) is 21.7 Å². The predicted molar refractivity (Wildman–Crippen MR) is 123 cm³/mol. The van der Waals surface area contributed by atoms with Crippen molar-refractivity contribution in [2.24, 2.45) is 0 Å². The van der Waals surface area contributed by atoms with Crippen LogP contribution in [0.5, 0.6) is 0 Å². The van der Waals surface area contributed by atoms with Gasteiger partial charge in [-0.15, -0.1) is 0 Å². The first-order valence-electron chi connectivity index (χ1n) is 11.4. The zero-order valence-electron chi connectivity index (χ0n) is 19.0. The number of hydrogen-bond donors (Lipinski definition) is 2. The molecule has 1 aromatic carbocycles. The summed E-state index contributed by atoms with van der Waals surface area (Å²) < 4.78 is 15.7. The Kier molecular flexibility index (Phi) is 6.60. The highest BCUT2D eigenvalue weighted by molar-refractivity contribution is 5.85. The number of hydrogen-bond acceptors (Lipinski definition) is 6. The van der Waals surface area contributed by atoms with Gasteiger partial charge in [0.15, 0.2) is 5.67 Å². The number of halogens is 1. The first kappa shape index (κ1) is 23.1. The largest absolute Gasteiger partial charge is 0.368 e. The molecule has 2 fully saturated rings. The molecule has 0 saturated carbocycles. The molecule has 33 heavy (non-hydrogen) atoms. The van der Waals surface area contributed by atoms with Gasteiger partial charge in [0.2, 0.25) is 11.9 Å². The number of nitrogens with two attached hydrogens (primary N) is 1. The van der Waals surface area contributed by atoms with Gasteiger partial charge >= 0.3 is 0 Å². The lowest BCUT2D eigenvalue weighted by Crippen LogP contribution is -2.58. The number of alkyl halides is 1. The third-order valence-electron chi connectivity index (χ3n) is 6.81. The molecule has 2 amide bonds. The number of piperidine rings is 2. The minimum atomic E-state index is -1.85. The summed E-state index contributed by atoms with van der Waals surface area (Å²) in [6.45, 7) is 3.90. The summed E-state index contributed by atoms with van der Waals surface area (Å²) in [5.74, 6) is -0.316. The Morgan fingerprint density at radius 3 is 2.21 bits per heavy atom. The van der Waals surface area contributed by atoms with Crippen molar-refractivity contribution in [1.82, 2.24) is 25.1 Å². The van der Waals surface area contributed by atoms with Gasteiger partial charge in [0.05, 0.1) is 5.54 Å². The van der Waals surface area contributed by atoms with E-state index in [-0.39, 0.29) is 24.7 Å². The number of carbonyl (C=O) groups excluding carboxylic acids is 2. The molecule has 0 spiro atoms. The molecular weight excluding hydrogens is 423 g/mol. The second-order valence-electron chi connectivity index (χ2n) is 9.11. The molecule has 2 aliphatic heterocycles. The predicted octanol–water partition coefficient (Wildman–Crippen LogP) is 2.02. The fourth-order valence-corrected chi connectivity index (χ4v) is 4.94. The zero-order chi connectivity index (χ0) is 23.5. The normalized spacial score (nSPS) is 20.2. The van der Waals surface area contributed by atoms with E-state index in [0.29, 0.717) is 45.6 Å². The van der Waals surface area contributed by atoms with Crippen LogP contribution in [0.3, 0.4) is 0 Å². The van der Waals surface area contributed by atoms with Crippen LogP contribution in [0, 0.1) is 0 Å². The van der Waals surface area contributed by atoms with Crippen LogP contribution in [0.1, 0.15) is 43.7 Å². The van der Waals surface area contributed by atoms with Gasteiger partial charge in [-0.2, -0.15) is 0 Å². The average Bonchev–Trinajstić information content (AvgIpc) is 2.82. The Morgan fingerprint density at radius 1 is 1.03 bits per heavy atom. The van der Waals surface area contributed by atoms with Crippen molar-refractivity contribution in [2.75, 3.05) is 31.9 Å². The Bertz CT molecular complexity index is 968. The van der Waals surface area contributed by atoms with Crippen molar-refractivity contribution < 1.29 is 14.0 Å². The Balaban J connectivity index is 1.36. The number of likely N-dealkylation sites (tertiary alicyclic amines) is 2. The van der Waals surface area contributed by atoms with Crippen molar-refractivity contribution in [1.29, 1.82) is 0 Å². The Hall–Kier alpha value is -3.07. The first-order valence-corrected chi connectivity index (χ1v) is 11.4. The molecule has 4 rings (SSSR count). The number of amides is 2. The summed E-state index contributed by atoms with van der Waals surface area (Å²) in [6, 6.07) is 9.80. The van der Waals surface area contributed by atoms with Gasteiger partial charge in [0.1, 0.15) is 0 Å². The summed E-state index contributed by atoms with van der Waals surface area (Å²) in [6.07, 6.45) is 4.78. The lowest BCUT2D eigenvalue weighted by atomic mass is 9.80. The molecule has 3 N–H and O–H groups in total. The van der Waals surface area contributed by atoms with Gasteiger partial charge in [0.25, 0.3) is 5.91 Å². The van der Waals surface area contributed by atoms with E-state index in [9.17, 15) is 9.59 Å². The fourth-order valence-electron chi connectivity index (χ4n) is 4.94. The third kappa shape index (κ3) is 5.13. The SMILES string of the molecule is CC(=O)NC1(c2ccccc2)CCN(C(=O)C2(F)CCN(Cc3cnc(N)nc3)CC2)CC1. The van der Waals surface area contributed by atoms with E-state index in [2.05, 4.69) is 20.2 Å². The number of nitrogen functional groups attached to an aromatic ring is 1. The van der Waals surface area contributed by atoms with Gasteiger partial charge in [-0.25, -0.2) is 14.4 Å². The van der Waals surface area contributed by atoms with E-state index < -0.39 is 17.1 Å². The molecule has 0 atom stereocenters. The highest BCUT2D eigenvalue weighted by atomic mass is 19.1. The van der Waals surface area contributed by atoms with Gasteiger partial charge in [0, 0.05) is 70.4 Å². The lowest BCUT2D eigenvalue weighted by molar-refractivity contribution is -0.149. The molecule has 0 unspecified atom stereocenters. The second-order valence-corrected chi connectivity index (χ2v) is 9.11. The maximum absolute atomic E-state index is 15.7. The number of anilines is 1. The Morgan fingerprint density at radius 2 is 1.64 bits per heavy atom. The number of aromatic nitrogens is 2. The van der Waals surface area contributed by atoms with Crippen LogP contribution >= 0.6 is 0 Å². The molecule has 2 aliphatic rings. The average molecular weight is 455 g/mol. The summed E-state index contributed by atoms with van der Waals surface area (Å²) in [5, 5.41) is 3.10. The summed E-state index contributed by atoms with van der Waals surface area (Å²) in [7, 11) is 0. The summed E-state index contributed by atoms with van der Waals surface area (Å²) in [4.78, 5) is 36.8. The van der Waals surface area contributed by atoms with Crippen LogP contribution in [-0.4, -0.2) is 63.4 Å². The molecule has 0 aliphatic carbocycles. The maximum Gasteiger partial charge on any atom is 0.260 e. The van der Waals surface area contributed by atoms with E-state index in [4.69, 9.17) is 5.73 Å². The summed E-state index contributed by atoms with van der Waals surface area (Å²) in [5.41, 5.74) is 5.07. The number of benzene rings is 1.